The number of rotatable bonds is 7. The van der Waals surface area contributed by atoms with E-state index in [1.807, 2.05) is 18.2 Å². The maximum Gasteiger partial charge on any atom is 0.266 e. The standard InChI is InChI=1S/C18H21N3O4S2/c19-16(22)12-25-14-3-1-13(2-4-14)11-15-17(23)21(18(26)27-15)6-5-20-7-9-24-10-8-20/h1-4,11H,5-10,12H2,(H2,19,22)/b15-11+. The van der Waals surface area contributed by atoms with Crippen LogP contribution in [0, 0.1) is 0 Å². The number of morpholine rings is 1. The zero-order valence-electron chi connectivity index (χ0n) is 14.8. The lowest BCUT2D eigenvalue weighted by Crippen LogP contribution is -2.42. The number of nitrogens with two attached hydrogens (primary N) is 1. The van der Waals surface area contributed by atoms with Crippen LogP contribution in [0.3, 0.4) is 0 Å². The summed E-state index contributed by atoms with van der Waals surface area (Å²) in [6.07, 6.45) is 1.81. The molecule has 2 saturated heterocycles. The number of benzene rings is 1. The maximum atomic E-state index is 12.7. The van der Waals surface area contributed by atoms with Gasteiger partial charge in [0, 0.05) is 26.2 Å². The van der Waals surface area contributed by atoms with Crippen molar-refractivity contribution in [2.75, 3.05) is 46.0 Å². The van der Waals surface area contributed by atoms with Gasteiger partial charge in [-0.15, -0.1) is 0 Å². The van der Waals surface area contributed by atoms with Crippen molar-refractivity contribution in [3.63, 3.8) is 0 Å². The fourth-order valence-electron chi connectivity index (χ4n) is 2.73. The first-order valence-corrected chi connectivity index (χ1v) is 9.82. The molecule has 2 amide bonds. The molecule has 0 saturated carbocycles. The highest BCUT2D eigenvalue weighted by atomic mass is 32.2. The van der Waals surface area contributed by atoms with E-state index in [-0.39, 0.29) is 12.5 Å². The maximum absolute atomic E-state index is 12.7. The Kier molecular flexibility index (Phi) is 6.84. The lowest BCUT2D eigenvalue weighted by atomic mass is 10.2. The van der Waals surface area contributed by atoms with E-state index in [9.17, 15) is 9.59 Å². The minimum atomic E-state index is -0.528. The summed E-state index contributed by atoms with van der Waals surface area (Å²) in [6, 6.07) is 7.09. The van der Waals surface area contributed by atoms with E-state index in [2.05, 4.69) is 4.90 Å². The summed E-state index contributed by atoms with van der Waals surface area (Å²) in [5.74, 6) is -0.0452. The van der Waals surface area contributed by atoms with Crippen molar-refractivity contribution in [2.45, 2.75) is 0 Å². The normalized spacial score (nSPS) is 19.7. The van der Waals surface area contributed by atoms with Gasteiger partial charge < -0.3 is 15.2 Å². The molecule has 2 N–H and O–H groups in total. The second-order valence-electron chi connectivity index (χ2n) is 6.11. The van der Waals surface area contributed by atoms with E-state index >= 15 is 0 Å². The summed E-state index contributed by atoms with van der Waals surface area (Å²) in [5.41, 5.74) is 5.91. The molecular formula is C18H21N3O4S2. The molecule has 1 aromatic rings. The number of thiocarbonyl (C=S) groups is 1. The minimum Gasteiger partial charge on any atom is -0.484 e. The minimum absolute atomic E-state index is 0.0627. The van der Waals surface area contributed by atoms with Crippen molar-refractivity contribution in [1.29, 1.82) is 0 Å². The SMILES string of the molecule is NC(=O)COc1ccc(/C=C2/SC(=S)N(CCN3CCOCC3)C2=O)cc1. The van der Waals surface area contributed by atoms with Crippen LogP contribution in [0.1, 0.15) is 5.56 Å². The largest absolute Gasteiger partial charge is 0.484 e. The van der Waals surface area contributed by atoms with E-state index in [0.717, 1.165) is 38.4 Å². The quantitative estimate of drug-likeness (QED) is 0.535. The number of nitrogens with zero attached hydrogens (tertiary/aromatic N) is 2. The fourth-order valence-corrected chi connectivity index (χ4v) is 4.03. The molecule has 0 unspecified atom stereocenters. The Hall–Kier alpha value is -1.94. The molecule has 0 radical (unpaired) electrons. The molecule has 0 atom stereocenters. The summed E-state index contributed by atoms with van der Waals surface area (Å²) in [4.78, 5) is 27.9. The Morgan fingerprint density at radius 3 is 2.63 bits per heavy atom. The second-order valence-corrected chi connectivity index (χ2v) is 7.79. The van der Waals surface area contributed by atoms with Gasteiger partial charge in [0.05, 0.1) is 18.1 Å². The molecule has 2 aliphatic rings. The third-order valence-corrected chi connectivity index (χ3v) is 5.55. The number of amides is 2. The molecule has 2 heterocycles. The summed E-state index contributed by atoms with van der Waals surface area (Å²) in [5, 5.41) is 0. The highest BCUT2D eigenvalue weighted by molar-refractivity contribution is 8.26. The number of carbonyl (C=O) groups excluding carboxylic acids is 2. The summed E-state index contributed by atoms with van der Waals surface area (Å²) < 4.78 is 11.2. The van der Waals surface area contributed by atoms with Crippen LogP contribution in [-0.4, -0.2) is 71.9 Å². The van der Waals surface area contributed by atoms with Gasteiger partial charge in [0.2, 0.25) is 0 Å². The molecule has 0 spiro atoms. The monoisotopic (exact) mass is 407 g/mol. The number of hydrogen-bond donors (Lipinski definition) is 1. The molecule has 9 heteroatoms. The molecule has 0 aliphatic carbocycles. The van der Waals surface area contributed by atoms with E-state index in [1.54, 1.807) is 17.0 Å². The third kappa shape index (κ3) is 5.52. The van der Waals surface area contributed by atoms with Gasteiger partial charge in [-0.25, -0.2) is 0 Å². The summed E-state index contributed by atoms with van der Waals surface area (Å²) in [6.45, 7) is 4.44. The Bertz CT molecular complexity index is 745. The molecular weight excluding hydrogens is 386 g/mol. The number of primary amides is 1. The third-order valence-electron chi connectivity index (χ3n) is 4.18. The average Bonchev–Trinajstić information content (AvgIpc) is 2.93. The van der Waals surface area contributed by atoms with Crippen molar-refractivity contribution in [1.82, 2.24) is 9.80 Å². The van der Waals surface area contributed by atoms with Crippen molar-refractivity contribution < 1.29 is 19.1 Å². The lowest BCUT2D eigenvalue weighted by Gasteiger charge is -2.28. The Balaban J connectivity index is 1.58. The van der Waals surface area contributed by atoms with E-state index < -0.39 is 5.91 Å². The molecule has 2 aliphatic heterocycles. The Morgan fingerprint density at radius 2 is 1.96 bits per heavy atom. The van der Waals surface area contributed by atoms with Crippen molar-refractivity contribution in [3.05, 3.63) is 34.7 Å². The average molecular weight is 408 g/mol. The number of hydrogen-bond acceptors (Lipinski definition) is 7. The van der Waals surface area contributed by atoms with Crippen LogP contribution in [0.25, 0.3) is 6.08 Å². The van der Waals surface area contributed by atoms with Gasteiger partial charge in [-0.2, -0.15) is 0 Å². The topological polar surface area (TPSA) is 85.1 Å². The highest BCUT2D eigenvalue weighted by Gasteiger charge is 2.32. The first-order chi connectivity index (χ1) is 13.0. The van der Waals surface area contributed by atoms with Gasteiger partial charge in [-0.05, 0) is 23.8 Å². The number of ether oxygens (including phenoxy) is 2. The first kappa shape index (κ1) is 19.8. The van der Waals surface area contributed by atoms with Crippen molar-refractivity contribution >= 4 is 46.2 Å². The Morgan fingerprint density at radius 1 is 1.26 bits per heavy atom. The van der Waals surface area contributed by atoms with Crippen molar-refractivity contribution in [2.24, 2.45) is 5.73 Å². The van der Waals surface area contributed by atoms with Crippen LogP contribution in [0.4, 0.5) is 0 Å². The highest BCUT2D eigenvalue weighted by Crippen LogP contribution is 2.32. The molecule has 0 bridgehead atoms. The zero-order chi connectivity index (χ0) is 19.2. The molecule has 3 rings (SSSR count). The summed E-state index contributed by atoms with van der Waals surface area (Å²) in [7, 11) is 0. The van der Waals surface area contributed by atoms with Gasteiger partial charge in [-0.3, -0.25) is 19.4 Å². The van der Waals surface area contributed by atoms with Gasteiger partial charge in [0.25, 0.3) is 11.8 Å². The van der Waals surface area contributed by atoms with Crippen LogP contribution >= 0.6 is 24.0 Å². The van der Waals surface area contributed by atoms with Crippen LogP contribution in [0.2, 0.25) is 0 Å². The van der Waals surface area contributed by atoms with Gasteiger partial charge in [0.1, 0.15) is 10.1 Å². The van der Waals surface area contributed by atoms with Gasteiger partial charge in [-0.1, -0.05) is 36.1 Å². The second kappa shape index (κ2) is 9.32. The van der Waals surface area contributed by atoms with Gasteiger partial charge in [0.15, 0.2) is 6.61 Å². The molecule has 2 fully saturated rings. The smallest absolute Gasteiger partial charge is 0.266 e. The fraction of sp³-hybridized carbons (Fsp3) is 0.389. The Labute approximate surface area is 167 Å². The number of thioether (sulfide) groups is 1. The van der Waals surface area contributed by atoms with Crippen LogP contribution < -0.4 is 10.5 Å². The molecule has 27 heavy (non-hydrogen) atoms. The first-order valence-electron chi connectivity index (χ1n) is 8.59. The predicted molar refractivity (Wildman–Crippen MR) is 108 cm³/mol. The van der Waals surface area contributed by atoms with Gasteiger partial charge >= 0.3 is 0 Å². The van der Waals surface area contributed by atoms with E-state index in [0.29, 0.717) is 21.5 Å². The lowest BCUT2D eigenvalue weighted by molar-refractivity contribution is -0.122. The van der Waals surface area contributed by atoms with Crippen LogP contribution in [0.15, 0.2) is 29.2 Å². The predicted octanol–water partition coefficient (Wildman–Crippen LogP) is 1.08. The zero-order valence-corrected chi connectivity index (χ0v) is 16.4. The molecule has 0 aromatic heterocycles. The van der Waals surface area contributed by atoms with Crippen LogP contribution in [0.5, 0.6) is 5.75 Å². The molecule has 144 valence electrons. The van der Waals surface area contributed by atoms with E-state index in [4.69, 9.17) is 27.4 Å². The summed E-state index contributed by atoms with van der Waals surface area (Å²) >= 11 is 6.69. The molecule has 7 nitrogen and oxygen atoms in total. The van der Waals surface area contributed by atoms with Crippen LogP contribution in [-0.2, 0) is 14.3 Å². The van der Waals surface area contributed by atoms with Crippen molar-refractivity contribution in [3.8, 4) is 5.75 Å². The van der Waals surface area contributed by atoms with E-state index in [1.165, 1.54) is 11.8 Å². The molecule has 1 aromatic carbocycles. The number of carbonyl (C=O) groups is 2.